The molecule has 1 unspecified atom stereocenters. The molecule has 3 rings (SSSR count). The van der Waals surface area contributed by atoms with Gasteiger partial charge in [-0.05, 0) is 41.6 Å². The van der Waals surface area contributed by atoms with Crippen molar-refractivity contribution in [1.82, 2.24) is 5.09 Å². The zero-order valence-electron chi connectivity index (χ0n) is 14.7. The number of aldehydes is 1. The predicted molar refractivity (Wildman–Crippen MR) is 112 cm³/mol. The van der Waals surface area contributed by atoms with Gasteiger partial charge in [0.15, 0.2) is 6.29 Å². The average molecular weight is 363 g/mol. The number of carbonyl (C=O) groups is 1. The molecule has 1 atom stereocenters. The molecule has 0 saturated heterocycles. The standard InChI is InChI=1S/C21H22N3OP/c1-3-15(14-25)13-23-19-8-7-16-10-18(11-17(16)12-19)20-6-4-5-9-22-21(20)24-26-2/h3-4,6-7,9,12-14,18,24H,1-2,5,8,10-11H2/b15-13+,23-19?. The van der Waals surface area contributed by atoms with Gasteiger partial charge < -0.3 is 5.09 Å². The summed E-state index contributed by atoms with van der Waals surface area (Å²) in [5.74, 6) is 1.34. The van der Waals surface area contributed by atoms with E-state index in [0.717, 1.165) is 51.9 Å². The molecule has 0 amide bonds. The molecule has 1 N–H and O–H groups in total. The van der Waals surface area contributed by atoms with Gasteiger partial charge in [-0.2, -0.15) is 0 Å². The number of allylic oxidation sites excluding steroid dienone is 9. The van der Waals surface area contributed by atoms with Crippen LogP contribution in [-0.2, 0) is 4.79 Å². The van der Waals surface area contributed by atoms with Gasteiger partial charge in [0.05, 0.1) is 0 Å². The normalized spacial score (nSPS) is 24.2. The first-order chi connectivity index (χ1) is 12.7. The second kappa shape index (κ2) is 8.68. The van der Waals surface area contributed by atoms with Crippen LogP contribution >= 0.6 is 8.35 Å². The van der Waals surface area contributed by atoms with Gasteiger partial charge >= 0.3 is 0 Å². The molecular weight excluding hydrogens is 341 g/mol. The van der Waals surface area contributed by atoms with E-state index in [1.807, 2.05) is 6.21 Å². The van der Waals surface area contributed by atoms with E-state index in [1.165, 1.54) is 22.8 Å². The van der Waals surface area contributed by atoms with Crippen molar-refractivity contribution in [2.75, 3.05) is 0 Å². The lowest BCUT2D eigenvalue weighted by molar-refractivity contribution is -0.104. The Morgan fingerprint density at radius 1 is 1.38 bits per heavy atom. The summed E-state index contributed by atoms with van der Waals surface area (Å²) in [7, 11) is 0.853. The lowest BCUT2D eigenvalue weighted by atomic mass is 9.96. The van der Waals surface area contributed by atoms with E-state index < -0.39 is 0 Å². The minimum Gasteiger partial charge on any atom is -0.323 e. The Morgan fingerprint density at radius 3 is 3.00 bits per heavy atom. The highest BCUT2D eigenvalue weighted by molar-refractivity contribution is 7.34. The molecule has 26 heavy (non-hydrogen) atoms. The van der Waals surface area contributed by atoms with Crippen LogP contribution in [0.5, 0.6) is 0 Å². The summed E-state index contributed by atoms with van der Waals surface area (Å²) >= 11 is 0. The van der Waals surface area contributed by atoms with E-state index in [0.29, 0.717) is 11.5 Å². The van der Waals surface area contributed by atoms with E-state index in [4.69, 9.17) is 0 Å². The lowest BCUT2D eigenvalue weighted by Crippen LogP contribution is -2.07. The molecule has 132 valence electrons. The number of hydrogen-bond donors (Lipinski definition) is 1. The molecular formula is C21H22N3OP. The van der Waals surface area contributed by atoms with Gasteiger partial charge in [0.1, 0.15) is 5.82 Å². The number of rotatable bonds is 6. The first-order valence-electron chi connectivity index (χ1n) is 8.64. The molecule has 1 fully saturated rings. The number of hydrogen-bond acceptors (Lipinski definition) is 4. The van der Waals surface area contributed by atoms with Crippen molar-refractivity contribution in [3.63, 3.8) is 0 Å². The molecule has 0 aromatic rings. The van der Waals surface area contributed by atoms with Gasteiger partial charge in [-0.3, -0.25) is 9.79 Å². The molecule has 3 aliphatic rings. The third-order valence-corrected chi connectivity index (χ3v) is 5.02. The summed E-state index contributed by atoms with van der Waals surface area (Å²) in [6.45, 7) is 3.61. The Hall–Kier alpha value is -2.58. The third-order valence-electron chi connectivity index (χ3n) is 4.65. The van der Waals surface area contributed by atoms with Crippen LogP contribution in [0.4, 0.5) is 0 Å². The zero-order chi connectivity index (χ0) is 18.4. The number of aliphatic imine (C=N–C) groups is 2. The van der Waals surface area contributed by atoms with E-state index in [-0.39, 0.29) is 0 Å². The smallest absolute Gasteiger partial charge is 0.151 e. The molecule has 5 heteroatoms. The minimum absolute atomic E-state index is 0.414. The molecule has 0 radical (unpaired) electrons. The van der Waals surface area contributed by atoms with Crippen LogP contribution in [0.3, 0.4) is 0 Å². The molecule has 1 heterocycles. The molecule has 1 saturated carbocycles. The molecule has 0 bridgehead atoms. The van der Waals surface area contributed by atoms with Crippen molar-refractivity contribution in [2.45, 2.75) is 25.7 Å². The minimum atomic E-state index is 0.414. The number of nitrogens with one attached hydrogen (secondary N) is 1. The van der Waals surface area contributed by atoms with Crippen molar-refractivity contribution in [2.24, 2.45) is 15.9 Å². The second-order valence-electron chi connectivity index (χ2n) is 6.30. The summed E-state index contributed by atoms with van der Waals surface area (Å²) in [5, 5.41) is 3.27. The lowest BCUT2D eigenvalue weighted by Gasteiger charge is -2.13. The highest BCUT2D eigenvalue weighted by Gasteiger charge is 2.29. The van der Waals surface area contributed by atoms with E-state index in [1.54, 1.807) is 6.20 Å². The molecule has 0 spiro atoms. The Bertz CT molecular complexity index is 827. The van der Waals surface area contributed by atoms with Crippen LogP contribution in [0.1, 0.15) is 25.7 Å². The third kappa shape index (κ3) is 4.14. The van der Waals surface area contributed by atoms with Gasteiger partial charge in [0.2, 0.25) is 0 Å². The van der Waals surface area contributed by atoms with Crippen LogP contribution in [0.25, 0.3) is 0 Å². The fourth-order valence-corrected chi connectivity index (χ4v) is 3.71. The first-order valence-corrected chi connectivity index (χ1v) is 9.72. The average Bonchev–Trinajstić information content (AvgIpc) is 2.94. The van der Waals surface area contributed by atoms with Crippen molar-refractivity contribution in [3.8, 4) is 0 Å². The number of carbonyl (C=O) groups excluding carboxylic acids is 1. The maximum atomic E-state index is 10.9. The summed E-state index contributed by atoms with van der Waals surface area (Å²) in [6.07, 6.45) is 22.1. The quantitative estimate of drug-likeness (QED) is 0.327. The van der Waals surface area contributed by atoms with Crippen LogP contribution < -0.4 is 5.09 Å². The SMILES string of the molecule is C=C/C(C=O)=C\N=C1C=C2CC(C3=C(NP=C)N=CCC=C3)CC2=CC1. The van der Waals surface area contributed by atoms with E-state index >= 15 is 0 Å². The molecule has 0 aromatic heterocycles. The number of fused-ring (bicyclic) bond motifs is 1. The van der Waals surface area contributed by atoms with Crippen molar-refractivity contribution in [3.05, 3.63) is 71.3 Å². The Morgan fingerprint density at radius 2 is 2.23 bits per heavy atom. The monoisotopic (exact) mass is 363 g/mol. The fraction of sp³-hybridized carbons (Fsp3) is 0.238. The van der Waals surface area contributed by atoms with E-state index in [9.17, 15) is 4.79 Å². The van der Waals surface area contributed by atoms with Gasteiger partial charge in [-0.1, -0.05) is 37.2 Å². The highest BCUT2D eigenvalue weighted by Crippen LogP contribution is 2.42. The second-order valence-corrected chi connectivity index (χ2v) is 6.84. The largest absolute Gasteiger partial charge is 0.323 e. The summed E-state index contributed by atoms with van der Waals surface area (Å²) in [6, 6.07) is 0. The van der Waals surface area contributed by atoms with Crippen LogP contribution in [0, 0.1) is 5.92 Å². The summed E-state index contributed by atoms with van der Waals surface area (Å²) < 4.78 is 0. The van der Waals surface area contributed by atoms with Crippen LogP contribution in [0.15, 0.2) is 81.3 Å². The van der Waals surface area contributed by atoms with Crippen molar-refractivity contribution < 1.29 is 4.79 Å². The van der Waals surface area contributed by atoms with Gasteiger partial charge in [-0.25, -0.2) is 4.99 Å². The van der Waals surface area contributed by atoms with Gasteiger partial charge in [0, 0.05) is 44.9 Å². The van der Waals surface area contributed by atoms with Crippen molar-refractivity contribution in [1.29, 1.82) is 0 Å². The zero-order valence-corrected chi connectivity index (χ0v) is 15.6. The highest BCUT2D eigenvalue weighted by atomic mass is 31.1. The summed E-state index contributed by atoms with van der Waals surface area (Å²) in [4.78, 5) is 19.9. The van der Waals surface area contributed by atoms with Crippen molar-refractivity contribution >= 4 is 32.9 Å². The maximum Gasteiger partial charge on any atom is 0.151 e. The maximum absolute atomic E-state index is 10.9. The molecule has 0 aromatic carbocycles. The summed E-state index contributed by atoms with van der Waals surface area (Å²) in [5.41, 5.74) is 5.45. The molecule has 4 nitrogen and oxygen atoms in total. The van der Waals surface area contributed by atoms with Crippen LogP contribution in [0.2, 0.25) is 0 Å². The first kappa shape index (κ1) is 18.2. The fourth-order valence-electron chi connectivity index (χ4n) is 3.37. The number of nitrogens with zero attached hydrogens (tertiary/aromatic N) is 2. The molecule has 2 aliphatic carbocycles. The topological polar surface area (TPSA) is 53.8 Å². The van der Waals surface area contributed by atoms with Gasteiger partial charge in [-0.15, -0.1) is 0 Å². The Balaban J connectivity index is 1.84. The van der Waals surface area contributed by atoms with Gasteiger partial charge in [0.25, 0.3) is 0 Å². The Kier molecular flexibility index (Phi) is 6.08. The van der Waals surface area contributed by atoms with Crippen LogP contribution in [-0.4, -0.2) is 24.5 Å². The van der Waals surface area contributed by atoms with E-state index in [2.05, 4.69) is 52.3 Å². The Labute approximate surface area is 156 Å². The predicted octanol–water partition coefficient (Wildman–Crippen LogP) is 4.49. The molecule has 1 aliphatic heterocycles.